The van der Waals surface area contributed by atoms with Crippen molar-refractivity contribution in [2.45, 2.75) is 25.9 Å². The largest absolute Gasteiger partial charge is 0.420 e. The van der Waals surface area contributed by atoms with Gasteiger partial charge in [0.1, 0.15) is 6.04 Å². The van der Waals surface area contributed by atoms with E-state index in [4.69, 9.17) is 4.42 Å². The van der Waals surface area contributed by atoms with E-state index in [1.165, 1.54) is 4.57 Å². The maximum atomic E-state index is 12.6. The monoisotopic (exact) mass is 388 g/mol. The number of fused-ring (bicyclic) bond motifs is 1. The molecule has 124 valence electrons. The van der Waals surface area contributed by atoms with Crippen molar-refractivity contribution < 1.29 is 9.21 Å². The van der Waals surface area contributed by atoms with Crippen molar-refractivity contribution in [1.82, 2.24) is 9.88 Å². The van der Waals surface area contributed by atoms with E-state index < -0.39 is 11.8 Å². The van der Waals surface area contributed by atoms with Crippen LogP contribution in [-0.4, -0.2) is 10.5 Å². The van der Waals surface area contributed by atoms with E-state index in [0.717, 1.165) is 10.0 Å². The van der Waals surface area contributed by atoms with Gasteiger partial charge in [0.05, 0.1) is 11.6 Å². The zero-order valence-electron chi connectivity index (χ0n) is 13.3. The summed E-state index contributed by atoms with van der Waals surface area (Å²) in [5.74, 6) is -0.769. The number of para-hydroxylation sites is 2. The quantitative estimate of drug-likeness (QED) is 0.739. The van der Waals surface area contributed by atoms with Crippen LogP contribution in [0.1, 0.15) is 31.5 Å². The molecule has 1 N–H and O–H groups in total. The Labute approximate surface area is 147 Å². The van der Waals surface area contributed by atoms with E-state index >= 15 is 0 Å². The predicted molar refractivity (Wildman–Crippen MR) is 95.9 cm³/mol. The lowest BCUT2D eigenvalue weighted by Crippen LogP contribution is -2.35. The molecule has 0 saturated carbocycles. The van der Waals surface area contributed by atoms with Gasteiger partial charge in [0.15, 0.2) is 5.58 Å². The van der Waals surface area contributed by atoms with Gasteiger partial charge < -0.3 is 9.73 Å². The van der Waals surface area contributed by atoms with E-state index in [1.54, 1.807) is 25.1 Å². The third-order valence-corrected chi connectivity index (χ3v) is 4.54. The first kappa shape index (κ1) is 16.5. The number of hydrogen-bond donors (Lipinski definition) is 1. The van der Waals surface area contributed by atoms with Crippen molar-refractivity contribution in [2.24, 2.45) is 0 Å². The van der Waals surface area contributed by atoms with E-state index in [9.17, 15) is 9.59 Å². The lowest BCUT2D eigenvalue weighted by molar-refractivity contribution is -0.124. The van der Waals surface area contributed by atoms with Gasteiger partial charge in [-0.3, -0.25) is 9.36 Å². The second-order valence-electron chi connectivity index (χ2n) is 5.66. The van der Waals surface area contributed by atoms with Crippen LogP contribution in [-0.2, 0) is 4.79 Å². The third kappa shape index (κ3) is 3.14. The topological polar surface area (TPSA) is 64.2 Å². The Hall–Kier alpha value is -2.34. The van der Waals surface area contributed by atoms with Crippen molar-refractivity contribution in [1.29, 1.82) is 0 Å². The van der Waals surface area contributed by atoms with Crippen LogP contribution in [0.15, 0.2) is 62.2 Å². The van der Waals surface area contributed by atoms with Gasteiger partial charge in [-0.1, -0.05) is 40.2 Å². The molecule has 6 heteroatoms. The third-order valence-electron chi connectivity index (χ3n) is 4.01. The minimum Gasteiger partial charge on any atom is -0.408 e. The molecule has 0 radical (unpaired) electrons. The number of benzene rings is 2. The fraction of sp³-hybridized carbons (Fsp3) is 0.222. The molecule has 1 amide bonds. The molecule has 5 nitrogen and oxygen atoms in total. The Kier molecular flexibility index (Phi) is 4.57. The summed E-state index contributed by atoms with van der Waals surface area (Å²) in [7, 11) is 0. The van der Waals surface area contributed by atoms with E-state index in [2.05, 4.69) is 21.2 Å². The highest BCUT2D eigenvalue weighted by Gasteiger charge is 2.22. The minimum atomic E-state index is -0.668. The van der Waals surface area contributed by atoms with Crippen LogP contribution in [0.5, 0.6) is 0 Å². The fourth-order valence-corrected chi connectivity index (χ4v) is 2.90. The second-order valence-corrected chi connectivity index (χ2v) is 6.58. The molecule has 0 aliphatic rings. The van der Waals surface area contributed by atoms with Gasteiger partial charge in [0.25, 0.3) is 0 Å². The molecule has 0 aliphatic carbocycles. The molecule has 0 fully saturated rings. The van der Waals surface area contributed by atoms with Crippen molar-refractivity contribution >= 4 is 32.9 Å². The second kappa shape index (κ2) is 6.65. The molecule has 0 aliphatic heterocycles. The molecule has 3 aromatic rings. The summed E-state index contributed by atoms with van der Waals surface area (Å²) in [5.41, 5.74) is 2.08. The Morgan fingerprint density at radius 1 is 1.12 bits per heavy atom. The number of amides is 1. The highest BCUT2D eigenvalue weighted by Crippen LogP contribution is 2.19. The van der Waals surface area contributed by atoms with Gasteiger partial charge in [-0.25, -0.2) is 4.79 Å². The molecule has 0 saturated heterocycles. The molecule has 0 bridgehead atoms. The van der Waals surface area contributed by atoms with Crippen LogP contribution in [0.4, 0.5) is 0 Å². The predicted octanol–water partition coefficient (Wildman–Crippen LogP) is 3.80. The van der Waals surface area contributed by atoms with Gasteiger partial charge in [0, 0.05) is 4.47 Å². The zero-order valence-corrected chi connectivity index (χ0v) is 14.9. The maximum Gasteiger partial charge on any atom is 0.420 e. The van der Waals surface area contributed by atoms with Crippen molar-refractivity contribution in [3.63, 3.8) is 0 Å². The zero-order chi connectivity index (χ0) is 17.3. The Morgan fingerprint density at radius 3 is 2.50 bits per heavy atom. The Morgan fingerprint density at radius 2 is 1.79 bits per heavy atom. The van der Waals surface area contributed by atoms with Gasteiger partial charge in [-0.2, -0.15) is 0 Å². The highest BCUT2D eigenvalue weighted by molar-refractivity contribution is 9.10. The number of nitrogens with one attached hydrogen (secondary N) is 1. The molecule has 2 unspecified atom stereocenters. The van der Waals surface area contributed by atoms with E-state index in [0.29, 0.717) is 11.1 Å². The number of hydrogen-bond acceptors (Lipinski definition) is 3. The summed E-state index contributed by atoms with van der Waals surface area (Å²) in [6, 6.07) is 14.0. The standard InChI is InChI=1S/C18H17BrN2O3/c1-11(13-7-9-14(19)10-8-13)20-17(22)12(2)21-15-5-3-4-6-16(15)24-18(21)23/h3-12H,1-2H3,(H,20,22). The average molecular weight is 389 g/mol. The molecular formula is C18H17BrN2O3. The van der Waals surface area contributed by atoms with Crippen molar-refractivity contribution in [2.75, 3.05) is 0 Å². The summed E-state index contributed by atoms with van der Waals surface area (Å²) in [6.07, 6.45) is 0. The van der Waals surface area contributed by atoms with Crippen LogP contribution in [0.3, 0.4) is 0 Å². The Bertz CT molecular complexity index is 927. The first-order valence-electron chi connectivity index (χ1n) is 7.63. The van der Waals surface area contributed by atoms with Gasteiger partial charge >= 0.3 is 5.76 Å². The Balaban J connectivity index is 1.82. The summed E-state index contributed by atoms with van der Waals surface area (Å²) in [6.45, 7) is 3.59. The molecule has 1 heterocycles. The SMILES string of the molecule is CC(NC(=O)C(C)n1c(=O)oc2ccccc21)c1ccc(Br)cc1. The average Bonchev–Trinajstić information content (AvgIpc) is 2.90. The van der Waals surface area contributed by atoms with Crippen LogP contribution in [0.25, 0.3) is 11.1 Å². The van der Waals surface area contributed by atoms with Crippen LogP contribution >= 0.6 is 15.9 Å². The normalized spacial score (nSPS) is 13.6. The van der Waals surface area contributed by atoms with Crippen molar-refractivity contribution in [3.8, 4) is 0 Å². The van der Waals surface area contributed by atoms with Gasteiger partial charge in [-0.05, 0) is 43.7 Å². The van der Waals surface area contributed by atoms with Crippen LogP contribution in [0, 0.1) is 0 Å². The van der Waals surface area contributed by atoms with Gasteiger partial charge in [0.2, 0.25) is 5.91 Å². The fourth-order valence-electron chi connectivity index (χ4n) is 2.64. The first-order valence-corrected chi connectivity index (χ1v) is 8.42. The summed E-state index contributed by atoms with van der Waals surface area (Å²) in [5, 5.41) is 2.94. The number of oxazole rings is 1. The smallest absolute Gasteiger partial charge is 0.408 e. The highest BCUT2D eigenvalue weighted by atomic mass is 79.9. The number of aromatic nitrogens is 1. The lowest BCUT2D eigenvalue weighted by atomic mass is 10.1. The molecule has 0 spiro atoms. The van der Waals surface area contributed by atoms with E-state index in [-0.39, 0.29) is 11.9 Å². The number of nitrogens with zero attached hydrogens (tertiary/aromatic N) is 1. The molecule has 1 aromatic heterocycles. The molecule has 3 rings (SSSR count). The van der Waals surface area contributed by atoms with E-state index in [1.807, 2.05) is 37.3 Å². The van der Waals surface area contributed by atoms with Crippen LogP contribution < -0.4 is 11.1 Å². The number of halogens is 1. The number of rotatable bonds is 4. The first-order chi connectivity index (χ1) is 11.5. The molecule has 2 aromatic carbocycles. The number of carbonyl (C=O) groups is 1. The maximum absolute atomic E-state index is 12.6. The van der Waals surface area contributed by atoms with Gasteiger partial charge in [-0.15, -0.1) is 0 Å². The van der Waals surface area contributed by atoms with Crippen LogP contribution in [0.2, 0.25) is 0 Å². The molecule has 2 atom stereocenters. The minimum absolute atomic E-state index is 0.165. The summed E-state index contributed by atoms with van der Waals surface area (Å²) >= 11 is 3.39. The summed E-state index contributed by atoms with van der Waals surface area (Å²) < 4.78 is 7.55. The summed E-state index contributed by atoms with van der Waals surface area (Å²) in [4.78, 5) is 24.7. The molecular weight excluding hydrogens is 372 g/mol. The number of carbonyl (C=O) groups excluding carboxylic acids is 1. The molecule has 24 heavy (non-hydrogen) atoms. The lowest BCUT2D eigenvalue weighted by Gasteiger charge is -2.18. The van der Waals surface area contributed by atoms with Crippen molar-refractivity contribution in [3.05, 3.63) is 69.1 Å².